The lowest BCUT2D eigenvalue weighted by molar-refractivity contribution is -0.137. The molecule has 0 aliphatic heterocycles. The number of halogens is 1. The number of nitrogens with two attached hydrogens (primary N) is 1. The number of rotatable bonds is 3. The molecule has 1 aromatic carbocycles. The van der Waals surface area contributed by atoms with E-state index in [1.807, 2.05) is 0 Å². The van der Waals surface area contributed by atoms with Crippen LogP contribution in [0.3, 0.4) is 0 Å². The van der Waals surface area contributed by atoms with E-state index in [0.717, 1.165) is 0 Å². The summed E-state index contributed by atoms with van der Waals surface area (Å²) in [6, 6.07) is 3.80. The highest BCUT2D eigenvalue weighted by Crippen LogP contribution is 2.17. The molecular weight excluding hydrogens is 185 g/mol. The molecule has 4 heteroatoms. The zero-order chi connectivity index (χ0) is 10.7. The third kappa shape index (κ3) is 2.53. The van der Waals surface area contributed by atoms with Gasteiger partial charge in [0.05, 0.1) is 6.42 Å². The molecule has 3 N–H and O–H groups in total. The number of hydrogen-bond donors (Lipinski definition) is 2. The first-order chi connectivity index (χ1) is 6.50. The van der Waals surface area contributed by atoms with Crippen LogP contribution >= 0.6 is 0 Å². The van der Waals surface area contributed by atoms with Crippen molar-refractivity contribution in [2.45, 2.75) is 19.4 Å². The van der Waals surface area contributed by atoms with Gasteiger partial charge >= 0.3 is 5.97 Å². The Balaban J connectivity index is 2.85. The number of carboxylic acid groups (broad SMARTS) is 1. The van der Waals surface area contributed by atoms with Gasteiger partial charge in [-0.3, -0.25) is 4.79 Å². The Morgan fingerprint density at radius 3 is 2.79 bits per heavy atom. The first-order valence-corrected chi connectivity index (χ1v) is 4.24. The summed E-state index contributed by atoms with van der Waals surface area (Å²) in [4.78, 5) is 10.4. The lowest BCUT2D eigenvalue weighted by Crippen LogP contribution is -2.15. The molecule has 0 amide bonds. The SMILES string of the molecule is Cc1cc([C@H](N)CC(=O)O)ccc1F. The molecule has 0 aliphatic carbocycles. The van der Waals surface area contributed by atoms with Crippen LogP contribution in [0.2, 0.25) is 0 Å². The van der Waals surface area contributed by atoms with Crippen molar-refractivity contribution in [3.8, 4) is 0 Å². The zero-order valence-electron chi connectivity index (χ0n) is 7.83. The second-order valence-electron chi connectivity index (χ2n) is 3.21. The van der Waals surface area contributed by atoms with Crippen LogP contribution in [0.5, 0.6) is 0 Å². The van der Waals surface area contributed by atoms with Crippen LogP contribution in [-0.4, -0.2) is 11.1 Å². The monoisotopic (exact) mass is 197 g/mol. The molecule has 0 spiro atoms. The van der Waals surface area contributed by atoms with Crippen molar-refractivity contribution in [1.29, 1.82) is 0 Å². The summed E-state index contributed by atoms with van der Waals surface area (Å²) in [6.07, 6.45) is -0.148. The first kappa shape index (κ1) is 10.7. The van der Waals surface area contributed by atoms with Crippen molar-refractivity contribution in [1.82, 2.24) is 0 Å². The van der Waals surface area contributed by atoms with Gasteiger partial charge in [-0.1, -0.05) is 12.1 Å². The summed E-state index contributed by atoms with van der Waals surface area (Å²) >= 11 is 0. The molecule has 0 saturated carbocycles. The summed E-state index contributed by atoms with van der Waals surface area (Å²) in [5.41, 5.74) is 6.73. The molecule has 0 fully saturated rings. The average Bonchev–Trinajstić information content (AvgIpc) is 2.08. The molecule has 0 aromatic heterocycles. The van der Waals surface area contributed by atoms with Crippen molar-refractivity contribution in [2.24, 2.45) is 5.73 Å². The van der Waals surface area contributed by atoms with E-state index in [4.69, 9.17) is 10.8 Å². The molecule has 0 radical (unpaired) electrons. The highest BCUT2D eigenvalue weighted by molar-refractivity contribution is 5.67. The molecule has 0 saturated heterocycles. The Kier molecular flexibility index (Phi) is 3.19. The van der Waals surface area contributed by atoms with Gasteiger partial charge in [0, 0.05) is 6.04 Å². The number of aryl methyl sites for hydroxylation is 1. The third-order valence-electron chi connectivity index (χ3n) is 2.00. The van der Waals surface area contributed by atoms with E-state index in [9.17, 15) is 9.18 Å². The number of benzene rings is 1. The van der Waals surface area contributed by atoms with E-state index in [2.05, 4.69) is 0 Å². The fourth-order valence-electron chi connectivity index (χ4n) is 1.20. The molecule has 1 rings (SSSR count). The van der Waals surface area contributed by atoms with Crippen LogP contribution in [0.25, 0.3) is 0 Å². The number of carbonyl (C=O) groups is 1. The van der Waals surface area contributed by atoms with Crippen molar-refractivity contribution in [3.05, 3.63) is 35.1 Å². The highest BCUT2D eigenvalue weighted by Gasteiger charge is 2.11. The largest absolute Gasteiger partial charge is 0.481 e. The van der Waals surface area contributed by atoms with Gasteiger partial charge in [-0.25, -0.2) is 4.39 Å². The maximum Gasteiger partial charge on any atom is 0.305 e. The minimum Gasteiger partial charge on any atom is -0.481 e. The summed E-state index contributed by atoms with van der Waals surface area (Å²) in [7, 11) is 0. The molecule has 1 aromatic rings. The van der Waals surface area contributed by atoms with Crippen molar-refractivity contribution in [3.63, 3.8) is 0 Å². The fraction of sp³-hybridized carbons (Fsp3) is 0.300. The molecular formula is C10H12FNO2. The third-order valence-corrected chi connectivity index (χ3v) is 2.00. The van der Waals surface area contributed by atoms with E-state index in [-0.39, 0.29) is 12.2 Å². The van der Waals surface area contributed by atoms with Crippen LogP contribution in [0.15, 0.2) is 18.2 Å². The Morgan fingerprint density at radius 2 is 2.29 bits per heavy atom. The standard InChI is InChI=1S/C10H12FNO2/c1-6-4-7(2-3-8(6)11)9(12)5-10(13)14/h2-4,9H,5,12H2,1H3,(H,13,14)/t9-/m1/s1. The van der Waals surface area contributed by atoms with Gasteiger partial charge in [0.15, 0.2) is 0 Å². The minimum absolute atomic E-state index is 0.148. The van der Waals surface area contributed by atoms with Crippen molar-refractivity contribution in [2.75, 3.05) is 0 Å². The molecule has 0 aliphatic rings. The molecule has 1 atom stereocenters. The predicted octanol–water partition coefficient (Wildman–Crippen LogP) is 1.61. The van der Waals surface area contributed by atoms with Gasteiger partial charge < -0.3 is 10.8 Å². The normalized spacial score (nSPS) is 12.5. The summed E-state index contributed by atoms with van der Waals surface area (Å²) < 4.78 is 12.9. The Morgan fingerprint density at radius 1 is 1.64 bits per heavy atom. The second kappa shape index (κ2) is 4.19. The van der Waals surface area contributed by atoms with Crippen LogP contribution in [0.1, 0.15) is 23.6 Å². The van der Waals surface area contributed by atoms with E-state index in [1.54, 1.807) is 13.0 Å². The van der Waals surface area contributed by atoms with Gasteiger partial charge in [-0.2, -0.15) is 0 Å². The lowest BCUT2D eigenvalue weighted by atomic mass is 10.0. The van der Waals surface area contributed by atoms with Crippen LogP contribution in [-0.2, 0) is 4.79 Å². The van der Waals surface area contributed by atoms with E-state index >= 15 is 0 Å². The van der Waals surface area contributed by atoms with Crippen LogP contribution in [0, 0.1) is 12.7 Å². The summed E-state index contributed by atoms with van der Waals surface area (Å²) in [5, 5.41) is 8.52. The molecule has 0 heterocycles. The van der Waals surface area contributed by atoms with Crippen LogP contribution in [0.4, 0.5) is 4.39 Å². The Hall–Kier alpha value is -1.42. The topological polar surface area (TPSA) is 63.3 Å². The smallest absolute Gasteiger partial charge is 0.305 e. The predicted molar refractivity (Wildman–Crippen MR) is 50.3 cm³/mol. The molecule has 0 unspecified atom stereocenters. The fourth-order valence-corrected chi connectivity index (χ4v) is 1.20. The van der Waals surface area contributed by atoms with Crippen LogP contribution < -0.4 is 5.73 Å². The number of hydrogen-bond acceptors (Lipinski definition) is 2. The average molecular weight is 197 g/mol. The molecule has 14 heavy (non-hydrogen) atoms. The Labute approximate surface area is 81.4 Å². The second-order valence-corrected chi connectivity index (χ2v) is 3.21. The zero-order valence-corrected chi connectivity index (χ0v) is 7.83. The van der Waals surface area contributed by atoms with E-state index in [1.165, 1.54) is 12.1 Å². The molecule has 3 nitrogen and oxygen atoms in total. The Bertz CT molecular complexity index is 352. The van der Waals surface area contributed by atoms with Crippen molar-refractivity contribution >= 4 is 5.97 Å². The number of carboxylic acids is 1. The van der Waals surface area contributed by atoms with Gasteiger partial charge in [-0.15, -0.1) is 0 Å². The van der Waals surface area contributed by atoms with E-state index in [0.29, 0.717) is 11.1 Å². The van der Waals surface area contributed by atoms with Crippen molar-refractivity contribution < 1.29 is 14.3 Å². The lowest BCUT2D eigenvalue weighted by Gasteiger charge is -2.10. The van der Waals surface area contributed by atoms with Gasteiger partial charge in [0.2, 0.25) is 0 Å². The molecule has 0 bridgehead atoms. The maximum atomic E-state index is 12.9. The minimum atomic E-state index is -0.959. The van der Waals surface area contributed by atoms with Gasteiger partial charge in [-0.05, 0) is 24.1 Å². The number of aliphatic carboxylic acids is 1. The molecule has 76 valence electrons. The highest BCUT2D eigenvalue weighted by atomic mass is 19.1. The maximum absolute atomic E-state index is 12.9. The summed E-state index contributed by atoms with van der Waals surface area (Å²) in [6.45, 7) is 1.62. The van der Waals surface area contributed by atoms with E-state index < -0.39 is 12.0 Å². The summed E-state index contributed by atoms with van der Waals surface area (Å²) in [5.74, 6) is -1.27. The first-order valence-electron chi connectivity index (χ1n) is 4.24. The van der Waals surface area contributed by atoms with Gasteiger partial charge in [0.1, 0.15) is 5.82 Å². The van der Waals surface area contributed by atoms with Gasteiger partial charge in [0.25, 0.3) is 0 Å². The quantitative estimate of drug-likeness (QED) is 0.773.